The summed E-state index contributed by atoms with van der Waals surface area (Å²) in [6.07, 6.45) is -3.34. The molecule has 1 aromatic rings. The number of alkyl halides is 3. The number of halogens is 4. The van der Waals surface area contributed by atoms with Crippen LogP contribution in [0.25, 0.3) is 0 Å². The second-order valence-corrected chi connectivity index (χ2v) is 5.09. The summed E-state index contributed by atoms with van der Waals surface area (Å²) in [4.78, 5) is 1.79. The van der Waals surface area contributed by atoms with Crippen molar-refractivity contribution in [1.82, 2.24) is 4.90 Å². The fraction of sp³-hybridized carbons (Fsp3) is 0.571. The summed E-state index contributed by atoms with van der Waals surface area (Å²) in [6, 6.07) is 6.28. The summed E-state index contributed by atoms with van der Waals surface area (Å²) in [5.41, 5.74) is 0.386. The largest absolute Gasteiger partial charge is 0.393 e. The molecule has 0 bridgehead atoms. The molecular formula is C14H18F4N2. The van der Waals surface area contributed by atoms with Crippen molar-refractivity contribution in [2.75, 3.05) is 31.5 Å². The Morgan fingerprint density at radius 2 is 2.00 bits per heavy atom. The topological polar surface area (TPSA) is 15.3 Å². The molecule has 1 unspecified atom stereocenters. The van der Waals surface area contributed by atoms with E-state index >= 15 is 0 Å². The molecule has 2 rings (SSSR count). The van der Waals surface area contributed by atoms with Crippen LogP contribution in [0.5, 0.6) is 0 Å². The summed E-state index contributed by atoms with van der Waals surface area (Å²) in [7, 11) is 0. The van der Waals surface area contributed by atoms with Crippen molar-refractivity contribution >= 4 is 5.69 Å². The van der Waals surface area contributed by atoms with E-state index in [0.717, 1.165) is 0 Å². The molecule has 1 aliphatic rings. The van der Waals surface area contributed by atoms with Crippen LogP contribution in [0.2, 0.25) is 0 Å². The van der Waals surface area contributed by atoms with Gasteiger partial charge in [-0.25, -0.2) is 4.39 Å². The lowest BCUT2D eigenvalue weighted by atomic mass is 9.97. The van der Waals surface area contributed by atoms with Crippen LogP contribution in [0.4, 0.5) is 23.2 Å². The fourth-order valence-corrected chi connectivity index (χ4v) is 2.48. The van der Waals surface area contributed by atoms with Crippen molar-refractivity contribution in [2.45, 2.75) is 19.0 Å². The molecule has 1 fully saturated rings. The zero-order chi connectivity index (χ0) is 14.6. The number of likely N-dealkylation sites (tertiary alicyclic amines) is 1. The summed E-state index contributed by atoms with van der Waals surface area (Å²) in [6.45, 7) is 1.64. The number of rotatable bonds is 4. The van der Waals surface area contributed by atoms with Gasteiger partial charge in [-0.3, -0.25) is 0 Å². The molecule has 0 aliphatic carbocycles. The van der Waals surface area contributed by atoms with E-state index in [1.165, 1.54) is 6.07 Å². The monoisotopic (exact) mass is 290 g/mol. The molecule has 0 radical (unpaired) electrons. The zero-order valence-electron chi connectivity index (χ0n) is 11.1. The highest BCUT2D eigenvalue weighted by Crippen LogP contribution is 2.32. The summed E-state index contributed by atoms with van der Waals surface area (Å²) < 4.78 is 51.3. The minimum absolute atomic E-state index is 0.0441. The van der Waals surface area contributed by atoms with Crippen LogP contribution >= 0.6 is 0 Å². The van der Waals surface area contributed by atoms with Crippen LogP contribution in [-0.4, -0.2) is 37.3 Å². The van der Waals surface area contributed by atoms with Gasteiger partial charge in [-0.2, -0.15) is 13.2 Å². The van der Waals surface area contributed by atoms with Gasteiger partial charge in [0.25, 0.3) is 0 Å². The predicted octanol–water partition coefficient (Wildman–Crippen LogP) is 3.51. The smallest absolute Gasteiger partial charge is 0.381 e. The summed E-state index contributed by atoms with van der Waals surface area (Å²) >= 11 is 0. The van der Waals surface area contributed by atoms with Gasteiger partial charge in [-0.05, 0) is 31.5 Å². The van der Waals surface area contributed by atoms with Crippen molar-refractivity contribution in [2.24, 2.45) is 5.92 Å². The molecule has 0 aromatic heterocycles. The molecule has 1 atom stereocenters. The van der Waals surface area contributed by atoms with Crippen LogP contribution in [0.3, 0.4) is 0 Å². The number of anilines is 1. The number of hydrogen-bond donors (Lipinski definition) is 1. The van der Waals surface area contributed by atoms with Crippen molar-refractivity contribution in [1.29, 1.82) is 0 Å². The molecular weight excluding hydrogens is 272 g/mol. The highest BCUT2D eigenvalue weighted by molar-refractivity contribution is 5.44. The summed E-state index contributed by atoms with van der Waals surface area (Å²) in [5.74, 6) is -1.58. The first-order valence-corrected chi connectivity index (χ1v) is 6.74. The van der Waals surface area contributed by atoms with E-state index in [1.54, 1.807) is 23.1 Å². The lowest BCUT2D eigenvalue weighted by molar-refractivity contribution is -0.186. The van der Waals surface area contributed by atoms with Crippen LogP contribution in [0, 0.1) is 11.7 Å². The van der Waals surface area contributed by atoms with E-state index in [9.17, 15) is 17.6 Å². The fourth-order valence-electron chi connectivity index (χ4n) is 2.48. The summed E-state index contributed by atoms with van der Waals surface area (Å²) in [5, 5.41) is 2.92. The molecule has 1 saturated heterocycles. The van der Waals surface area contributed by atoms with E-state index in [4.69, 9.17) is 0 Å². The molecule has 20 heavy (non-hydrogen) atoms. The van der Waals surface area contributed by atoms with E-state index in [-0.39, 0.29) is 18.8 Å². The van der Waals surface area contributed by atoms with Gasteiger partial charge in [0.05, 0.1) is 11.6 Å². The van der Waals surface area contributed by atoms with E-state index in [1.807, 2.05) is 0 Å². The van der Waals surface area contributed by atoms with Crippen molar-refractivity contribution < 1.29 is 17.6 Å². The third kappa shape index (κ3) is 4.10. The molecule has 0 spiro atoms. The first kappa shape index (κ1) is 15.1. The second-order valence-electron chi connectivity index (χ2n) is 5.09. The highest BCUT2D eigenvalue weighted by atomic mass is 19.4. The van der Waals surface area contributed by atoms with Crippen molar-refractivity contribution in [3.63, 3.8) is 0 Å². The van der Waals surface area contributed by atoms with E-state index in [0.29, 0.717) is 31.7 Å². The maximum absolute atomic E-state index is 13.3. The van der Waals surface area contributed by atoms with Gasteiger partial charge in [-0.1, -0.05) is 12.1 Å². The Morgan fingerprint density at radius 3 is 2.70 bits per heavy atom. The Kier molecular flexibility index (Phi) is 4.86. The number of nitrogens with zero attached hydrogens (tertiary/aromatic N) is 1. The molecule has 1 aliphatic heterocycles. The average Bonchev–Trinajstić information content (AvgIpc) is 2.40. The van der Waals surface area contributed by atoms with Gasteiger partial charge < -0.3 is 10.2 Å². The molecule has 112 valence electrons. The number of hydrogen-bond acceptors (Lipinski definition) is 2. The molecule has 0 amide bonds. The molecule has 2 nitrogen and oxygen atoms in total. The van der Waals surface area contributed by atoms with Gasteiger partial charge in [0.2, 0.25) is 0 Å². The van der Waals surface area contributed by atoms with Gasteiger partial charge >= 0.3 is 6.18 Å². The Balaban J connectivity index is 1.78. The third-order valence-corrected chi connectivity index (χ3v) is 3.59. The first-order valence-electron chi connectivity index (χ1n) is 6.74. The lowest BCUT2D eigenvalue weighted by Crippen LogP contribution is -2.43. The van der Waals surface area contributed by atoms with Crippen LogP contribution in [-0.2, 0) is 0 Å². The standard InChI is InChI=1S/C14H18F4N2/c15-12-5-1-2-6-13(12)19-7-9-20-8-3-4-11(10-20)14(16,17)18/h1-2,5-6,11,19H,3-4,7-10H2. The van der Waals surface area contributed by atoms with Crippen molar-refractivity contribution in [3.8, 4) is 0 Å². The maximum Gasteiger partial charge on any atom is 0.393 e. The Bertz CT molecular complexity index is 433. The van der Waals surface area contributed by atoms with Crippen LogP contribution < -0.4 is 5.32 Å². The normalized spacial score (nSPS) is 20.9. The minimum atomic E-state index is -4.11. The second kappa shape index (κ2) is 6.43. The van der Waals surface area contributed by atoms with Gasteiger partial charge in [0, 0.05) is 19.6 Å². The average molecular weight is 290 g/mol. The van der Waals surface area contributed by atoms with E-state index < -0.39 is 12.1 Å². The third-order valence-electron chi connectivity index (χ3n) is 3.59. The van der Waals surface area contributed by atoms with E-state index in [2.05, 4.69) is 5.32 Å². The highest BCUT2D eigenvalue weighted by Gasteiger charge is 2.41. The lowest BCUT2D eigenvalue weighted by Gasteiger charge is -2.33. The Labute approximate surface area is 115 Å². The number of piperidine rings is 1. The predicted molar refractivity (Wildman–Crippen MR) is 70.1 cm³/mol. The molecule has 0 saturated carbocycles. The molecule has 6 heteroatoms. The minimum Gasteiger partial charge on any atom is -0.381 e. The maximum atomic E-state index is 13.3. The molecule has 1 N–H and O–H groups in total. The number of nitrogens with one attached hydrogen (secondary N) is 1. The Morgan fingerprint density at radius 1 is 1.25 bits per heavy atom. The van der Waals surface area contributed by atoms with Crippen molar-refractivity contribution in [3.05, 3.63) is 30.1 Å². The SMILES string of the molecule is Fc1ccccc1NCCN1CCCC(C(F)(F)F)C1. The quantitative estimate of drug-likeness (QED) is 0.854. The van der Waals surface area contributed by atoms with Gasteiger partial charge in [0.1, 0.15) is 5.82 Å². The Hall–Kier alpha value is -1.30. The van der Waals surface area contributed by atoms with Crippen LogP contribution in [0.15, 0.2) is 24.3 Å². The number of benzene rings is 1. The van der Waals surface area contributed by atoms with Gasteiger partial charge in [0.15, 0.2) is 0 Å². The first-order chi connectivity index (χ1) is 9.47. The van der Waals surface area contributed by atoms with Gasteiger partial charge in [-0.15, -0.1) is 0 Å². The van der Waals surface area contributed by atoms with Crippen LogP contribution in [0.1, 0.15) is 12.8 Å². The zero-order valence-corrected chi connectivity index (χ0v) is 11.1. The number of para-hydroxylation sites is 1. The molecule has 1 heterocycles. The molecule has 1 aromatic carbocycles.